The van der Waals surface area contributed by atoms with Crippen LogP contribution in [0, 0.1) is 0 Å². The Morgan fingerprint density at radius 2 is 1.61 bits per heavy atom. The van der Waals surface area contributed by atoms with Crippen molar-refractivity contribution < 1.29 is 9.53 Å². The van der Waals surface area contributed by atoms with Crippen molar-refractivity contribution in [1.29, 1.82) is 0 Å². The number of unbranched alkanes of at least 4 members (excludes halogenated alkanes) is 7. The lowest BCUT2D eigenvalue weighted by Crippen LogP contribution is -2.05. The third-order valence-electron chi connectivity index (χ3n) is 2.89. The minimum Gasteiger partial charge on any atom is -0.466 e. The van der Waals surface area contributed by atoms with Crippen LogP contribution in [0.1, 0.15) is 58.3 Å². The fraction of sp³-hybridized carbons (Fsp3) is 0.800. The van der Waals surface area contributed by atoms with Crippen LogP contribution in [0.15, 0.2) is 12.2 Å². The van der Waals surface area contributed by atoms with Crippen LogP contribution in [0.4, 0.5) is 0 Å². The van der Waals surface area contributed by atoms with Crippen LogP contribution in [0.25, 0.3) is 0 Å². The molecule has 0 aliphatic heterocycles. The molecule has 0 aliphatic rings. The van der Waals surface area contributed by atoms with Crippen molar-refractivity contribution >= 4 is 17.7 Å². The molecule has 18 heavy (non-hydrogen) atoms. The Balaban J connectivity index is 3.16. The second-order valence-electron chi connectivity index (χ2n) is 4.62. The van der Waals surface area contributed by atoms with Gasteiger partial charge in [0.2, 0.25) is 0 Å². The smallest absolute Gasteiger partial charge is 0.333 e. The van der Waals surface area contributed by atoms with Gasteiger partial charge in [-0.15, -0.1) is 0 Å². The van der Waals surface area contributed by atoms with E-state index < -0.39 is 0 Å². The van der Waals surface area contributed by atoms with Gasteiger partial charge in [0, 0.05) is 11.3 Å². The number of rotatable bonds is 12. The quantitative estimate of drug-likeness (QED) is 0.295. The van der Waals surface area contributed by atoms with E-state index in [9.17, 15) is 4.79 Å². The largest absolute Gasteiger partial charge is 0.466 e. The summed E-state index contributed by atoms with van der Waals surface area (Å²) in [4.78, 5) is 11.1. The van der Waals surface area contributed by atoms with E-state index in [4.69, 9.17) is 0 Å². The first-order valence-electron chi connectivity index (χ1n) is 7.06. The van der Waals surface area contributed by atoms with Crippen LogP contribution in [-0.4, -0.2) is 24.6 Å². The van der Waals surface area contributed by atoms with Crippen molar-refractivity contribution in [2.75, 3.05) is 18.6 Å². The predicted molar refractivity (Wildman–Crippen MR) is 81.1 cm³/mol. The molecule has 0 unspecified atom stereocenters. The first-order chi connectivity index (χ1) is 8.72. The van der Waals surface area contributed by atoms with E-state index in [-0.39, 0.29) is 5.97 Å². The third-order valence-corrected chi connectivity index (χ3v) is 4.02. The number of carbonyl (C=O) groups is 1. The molecular weight excluding hydrogens is 244 g/mol. The molecule has 3 heteroatoms. The summed E-state index contributed by atoms with van der Waals surface area (Å²) >= 11 is 1.78. The van der Waals surface area contributed by atoms with Gasteiger partial charge in [-0.25, -0.2) is 4.79 Å². The molecule has 0 aliphatic carbocycles. The van der Waals surface area contributed by atoms with Gasteiger partial charge in [0.1, 0.15) is 0 Å². The van der Waals surface area contributed by atoms with Crippen LogP contribution < -0.4 is 0 Å². The Hall–Kier alpha value is -0.440. The first kappa shape index (κ1) is 17.6. The van der Waals surface area contributed by atoms with E-state index in [1.165, 1.54) is 58.5 Å². The average molecular weight is 272 g/mol. The molecule has 0 fully saturated rings. The van der Waals surface area contributed by atoms with E-state index in [0.717, 1.165) is 5.75 Å². The van der Waals surface area contributed by atoms with Crippen LogP contribution in [0.3, 0.4) is 0 Å². The lowest BCUT2D eigenvalue weighted by Gasteiger charge is -2.04. The highest BCUT2D eigenvalue weighted by Crippen LogP contribution is 2.13. The van der Waals surface area contributed by atoms with Crippen molar-refractivity contribution in [2.45, 2.75) is 58.3 Å². The Morgan fingerprint density at radius 1 is 1.06 bits per heavy atom. The monoisotopic (exact) mass is 272 g/mol. The molecular formula is C15H28O2S. The zero-order chi connectivity index (χ0) is 13.6. The average Bonchev–Trinajstić information content (AvgIpc) is 2.39. The molecule has 106 valence electrons. The highest BCUT2D eigenvalue weighted by atomic mass is 32.2. The molecule has 0 atom stereocenters. The maximum atomic E-state index is 11.1. The first-order valence-corrected chi connectivity index (χ1v) is 8.21. The van der Waals surface area contributed by atoms with Crippen molar-refractivity contribution in [3.05, 3.63) is 12.2 Å². The summed E-state index contributed by atoms with van der Waals surface area (Å²) in [6, 6.07) is 0. The van der Waals surface area contributed by atoms with E-state index >= 15 is 0 Å². The fourth-order valence-electron chi connectivity index (χ4n) is 1.74. The molecule has 0 rings (SSSR count). The summed E-state index contributed by atoms with van der Waals surface area (Å²) in [5.74, 6) is 1.53. The van der Waals surface area contributed by atoms with E-state index in [2.05, 4.69) is 18.2 Å². The topological polar surface area (TPSA) is 26.3 Å². The van der Waals surface area contributed by atoms with Gasteiger partial charge in [0.25, 0.3) is 0 Å². The highest BCUT2D eigenvalue weighted by molar-refractivity contribution is 7.99. The second-order valence-corrected chi connectivity index (χ2v) is 5.73. The molecule has 0 saturated carbocycles. The molecule has 0 spiro atoms. The van der Waals surface area contributed by atoms with Crippen LogP contribution in [-0.2, 0) is 9.53 Å². The summed E-state index contributed by atoms with van der Waals surface area (Å²) in [7, 11) is 1.40. The Labute approximate surface area is 117 Å². The van der Waals surface area contributed by atoms with Crippen LogP contribution >= 0.6 is 11.8 Å². The van der Waals surface area contributed by atoms with Gasteiger partial charge in [0.05, 0.1) is 7.11 Å². The summed E-state index contributed by atoms with van der Waals surface area (Å²) < 4.78 is 4.60. The van der Waals surface area contributed by atoms with Crippen molar-refractivity contribution in [3.8, 4) is 0 Å². The van der Waals surface area contributed by atoms with Gasteiger partial charge >= 0.3 is 5.97 Å². The third kappa shape index (κ3) is 10.7. The zero-order valence-corrected chi connectivity index (χ0v) is 12.8. The van der Waals surface area contributed by atoms with Crippen molar-refractivity contribution in [3.63, 3.8) is 0 Å². The SMILES string of the molecule is C=C(CSCCCCCCCCCC)C(=O)OC. The van der Waals surface area contributed by atoms with Crippen LogP contribution in [0.5, 0.6) is 0 Å². The number of hydrogen-bond acceptors (Lipinski definition) is 3. The molecule has 0 saturated heterocycles. The molecule has 0 radical (unpaired) electrons. The number of thioether (sulfide) groups is 1. The Morgan fingerprint density at radius 3 is 2.17 bits per heavy atom. The number of carbonyl (C=O) groups excluding carboxylic acids is 1. The van der Waals surface area contributed by atoms with Crippen LogP contribution in [0.2, 0.25) is 0 Å². The van der Waals surface area contributed by atoms with E-state index in [1.807, 2.05) is 0 Å². The second kappa shape index (κ2) is 13.0. The highest BCUT2D eigenvalue weighted by Gasteiger charge is 2.05. The minimum atomic E-state index is -0.279. The predicted octanol–water partition coefficient (Wildman–Crippen LogP) is 4.59. The van der Waals surface area contributed by atoms with Crippen molar-refractivity contribution in [2.24, 2.45) is 0 Å². The standard InChI is InChI=1S/C15H28O2S/c1-4-5-6-7-8-9-10-11-12-18-13-14(2)15(16)17-3/h2,4-13H2,1,3H3. The van der Waals surface area contributed by atoms with E-state index in [1.54, 1.807) is 11.8 Å². The molecule has 0 aromatic heterocycles. The van der Waals surface area contributed by atoms with Gasteiger partial charge in [-0.05, 0) is 12.2 Å². The summed E-state index contributed by atoms with van der Waals surface area (Å²) in [5.41, 5.74) is 0.571. The maximum Gasteiger partial charge on any atom is 0.333 e. The normalized spacial score (nSPS) is 10.3. The number of esters is 1. The molecule has 2 nitrogen and oxygen atoms in total. The number of hydrogen-bond donors (Lipinski definition) is 0. The van der Waals surface area contributed by atoms with Gasteiger partial charge < -0.3 is 4.74 Å². The maximum absolute atomic E-state index is 11.1. The van der Waals surface area contributed by atoms with Gasteiger partial charge in [0.15, 0.2) is 0 Å². The number of methoxy groups -OCH3 is 1. The van der Waals surface area contributed by atoms with E-state index in [0.29, 0.717) is 11.3 Å². The number of ether oxygens (including phenoxy) is 1. The fourth-order valence-corrected chi connectivity index (χ4v) is 2.65. The molecule has 0 N–H and O–H groups in total. The summed E-state index contributed by atoms with van der Waals surface area (Å²) in [5, 5.41) is 0. The minimum absolute atomic E-state index is 0.279. The molecule has 0 aromatic rings. The van der Waals surface area contributed by atoms with Crippen molar-refractivity contribution in [1.82, 2.24) is 0 Å². The Kier molecular flexibility index (Phi) is 12.7. The summed E-state index contributed by atoms with van der Waals surface area (Å²) in [6.45, 7) is 5.96. The van der Waals surface area contributed by atoms with Gasteiger partial charge in [-0.2, -0.15) is 11.8 Å². The summed E-state index contributed by atoms with van der Waals surface area (Å²) in [6.07, 6.45) is 10.8. The van der Waals surface area contributed by atoms with Gasteiger partial charge in [-0.3, -0.25) is 0 Å². The lowest BCUT2D eigenvalue weighted by molar-refractivity contribution is -0.135. The zero-order valence-electron chi connectivity index (χ0n) is 12.0. The molecule has 0 bridgehead atoms. The molecule has 0 heterocycles. The van der Waals surface area contributed by atoms with Gasteiger partial charge in [-0.1, -0.05) is 58.4 Å². The molecule has 0 aromatic carbocycles. The molecule has 0 amide bonds. The lowest BCUT2D eigenvalue weighted by atomic mass is 10.1. The Bertz CT molecular complexity index is 227.